The first kappa shape index (κ1) is 16.2. The fraction of sp³-hybridized carbons (Fsp3) is 0.235. The Morgan fingerprint density at radius 3 is 2.50 bits per heavy atom. The standard InChI is InChI=1S/C17H19ClN2O2/c1-11(2)12-3-6-14(7-4-12)22-10-17(21)20-16-8-5-13(18)9-15(16)19/h3-9,11H,10,19H2,1-2H3,(H,20,21). The maximum atomic E-state index is 11.9. The van der Waals surface area contributed by atoms with Crippen LogP contribution in [0, 0.1) is 0 Å². The molecule has 0 unspecified atom stereocenters. The number of rotatable bonds is 5. The summed E-state index contributed by atoms with van der Waals surface area (Å²) in [6.07, 6.45) is 0. The molecular formula is C17H19ClN2O2. The summed E-state index contributed by atoms with van der Waals surface area (Å²) in [7, 11) is 0. The lowest BCUT2D eigenvalue weighted by Crippen LogP contribution is -2.20. The van der Waals surface area contributed by atoms with E-state index in [1.54, 1.807) is 18.2 Å². The van der Waals surface area contributed by atoms with E-state index >= 15 is 0 Å². The van der Waals surface area contributed by atoms with Crippen molar-refractivity contribution in [1.82, 2.24) is 0 Å². The van der Waals surface area contributed by atoms with Gasteiger partial charge in [-0.3, -0.25) is 4.79 Å². The van der Waals surface area contributed by atoms with Gasteiger partial charge in [-0.15, -0.1) is 0 Å². The summed E-state index contributed by atoms with van der Waals surface area (Å²) in [5.74, 6) is 0.843. The Morgan fingerprint density at radius 2 is 1.91 bits per heavy atom. The van der Waals surface area contributed by atoms with Crippen LogP contribution in [0.4, 0.5) is 11.4 Å². The highest BCUT2D eigenvalue weighted by atomic mass is 35.5. The third kappa shape index (κ3) is 4.40. The van der Waals surface area contributed by atoms with Gasteiger partial charge in [-0.05, 0) is 41.8 Å². The topological polar surface area (TPSA) is 64.3 Å². The highest BCUT2D eigenvalue weighted by Crippen LogP contribution is 2.23. The van der Waals surface area contributed by atoms with Crippen molar-refractivity contribution >= 4 is 28.9 Å². The first-order valence-electron chi connectivity index (χ1n) is 7.03. The van der Waals surface area contributed by atoms with E-state index in [4.69, 9.17) is 22.1 Å². The SMILES string of the molecule is CC(C)c1ccc(OCC(=O)Nc2ccc(Cl)cc2N)cc1. The van der Waals surface area contributed by atoms with E-state index < -0.39 is 0 Å². The van der Waals surface area contributed by atoms with Crippen molar-refractivity contribution in [3.63, 3.8) is 0 Å². The number of nitrogens with two attached hydrogens (primary N) is 1. The van der Waals surface area contributed by atoms with Gasteiger partial charge in [0.1, 0.15) is 5.75 Å². The second kappa shape index (κ2) is 7.18. The van der Waals surface area contributed by atoms with Crippen molar-refractivity contribution in [3.8, 4) is 5.75 Å². The van der Waals surface area contributed by atoms with Crippen LogP contribution in [-0.4, -0.2) is 12.5 Å². The van der Waals surface area contributed by atoms with Crippen LogP contribution >= 0.6 is 11.6 Å². The highest BCUT2D eigenvalue weighted by molar-refractivity contribution is 6.31. The molecule has 0 radical (unpaired) electrons. The van der Waals surface area contributed by atoms with Crippen molar-refractivity contribution in [2.45, 2.75) is 19.8 Å². The van der Waals surface area contributed by atoms with Crippen LogP contribution in [0.1, 0.15) is 25.3 Å². The molecule has 116 valence electrons. The van der Waals surface area contributed by atoms with E-state index in [2.05, 4.69) is 19.2 Å². The third-order valence-corrected chi connectivity index (χ3v) is 3.44. The lowest BCUT2D eigenvalue weighted by molar-refractivity contribution is -0.118. The second-order valence-corrected chi connectivity index (χ2v) is 5.73. The van der Waals surface area contributed by atoms with Crippen molar-refractivity contribution in [2.24, 2.45) is 0 Å². The van der Waals surface area contributed by atoms with Crippen LogP contribution in [0.15, 0.2) is 42.5 Å². The van der Waals surface area contributed by atoms with E-state index in [0.717, 1.165) is 0 Å². The number of anilines is 2. The maximum absolute atomic E-state index is 11.9. The molecule has 0 atom stereocenters. The number of halogens is 1. The molecule has 1 amide bonds. The molecule has 0 fully saturated rings. The summed E-state index contributed by atoms with van der Waals surface area (Å²) in [5, 5.41) is 3.21. The van der Waals surface area contributed by atoms with Gasteiger partial charge in [0.05, 0.1) is 11.4 Å². The zero-order chi connectivity index (χ0) is 16.1. The molecule has 0 aromatic heterocycles. The Hall–Kier alpha value is -2.20. The number of amides is 1. The van der Waals surface area contributed by atoms with Gasteiger partial charge in [0.25, 0.3) is 5.91 Å². The van der Waals surface area contributed by atoms with Gasteiger partial charge in [-0.25, -0.2) is 0 Å². The Balaban J connectivity index is 1.89. The number of nitrogen functional groups attached to an aromatic ring is 1. The fourth-order valence-corrected chi connectivity index (χ4v) is 2.11. The molecule has 3 N–H and O–H groups in total. The largest absolute Gasteiger partial charge is 0.484 e. The van der Waals surface area contributed by atoms with E-state index in [0.29, 0.717) is 28.1 Å². The van der Waals surface area contributed by atoms with Crippen LogP contribution in [0.3, 0.4) is 0 Å². The van der Waals surface area contributed by atoms with Gasteiger partial charge in [0, 0.05) is 5.02 Å². The molecule has 0 saturated carbocycles. The minimum absolute atomic E-state index is 0.0803. The molecule has 0 aliphatic heterocycles. The summed E-state index contributed by atoms with van der Waals surface area (Å²) in [4.78, 5) is 11.9. The Morgan fingerprint density at radius 1 is 1.23 bits per heavy atom. The van der Waals surface area contributed by atoms with E-state index in [-0.39, 0.29) is 12.5 Å². The Labute approximate surface area is 135 Å². The summed E-state index contributed by atoms with van der Waals surface area (Å²) in [6, 6.07) is 12.6. The van der Waals surface area contributed by atoms with Gasteiger partial charge in [0.2, 0.25) is 0 Å². The minimum Gasteiger partial charge on any atom is -0.484 e. The average Bonchev–Trinajstić information content (AvgIpc) is 2.48. The molecule has 2 rings (SSSR count). The van der Waals surface area contributed by atoms with Crippen molar-refractivity contribution in [1.29, 1.82) is 0 Å². The van der Waals surface area contributed by atoms with Gasteiger partial charge >= 0.3 is 0 Å². The van der Waals surface area contributed by atoms with E-state index in [9.17, 15) is 4.79 Å². The predicted molar refractivity (Wildman–Crippen MR) is 90.5 cm³/mol. The Bertz CT molecular complexity index is 654. The first-order valence-corrected chi connectivity index (χ1v) is 7.41. The predicted octanol–water partition coefficient (Wildman–Crippen LogP) is 4.06. The van der Waals surface area contributed by atoms with Crippen molar-refractivity contribution < 1.29 is 9.53 Å². The number of nitrogens with one attached hydrogen (secondary N) is 1. The quantitative estimate of drug-likeness (QED) is 0.817. The zero-order valence-electron chi connectivity index (χ0n) is 12.6. The summed E-state index contributed by atoms with van der Waals surface area (Å²) in [5.41, 5.74) is 7.95. The number of ether oxygens (including phenoxy) is 1. The van der Waals surface area contributed by atoms with Crippen LogP contribution in [0.25, 0.3) is 0 Å². The van der Waals surface area contributed by atoms with Gasteiger partial charge in [0.15, 0.2) is 6.61 Å². The fourth-order valence-electron chi connectivity index (χ4n) is 1.93. The Kier molecular flexibility index (Phi) is 5.28. The molecule has 5 heteroatoms. The number of benzene rings is 2. The lowest BCUT2D eigenvalue weighted by Gasteiger charge is -2.10. The lowest BCUT2D eigenvalue weighted by atomic mass is 10.0. The third-order valence-electron chi connectivity index (χ3n) is 3.20. The summed E-state index contributed by atoms with van der Waals surface area (Å²) < 4.78 is 5.46. The maximum Gasteiger partial charge on any atom is 0.262 e. The van der Waals surface area contributed by atoms with Crippen LogP contribution in [-0.2, 0) is 4.79 Å². The number of carbonyl (C=O) groups excluding carboxylic acids is 1. The number of hydrogen-bond acceptors (Lipinski definition) is 3. The molecule has 0 aliphatic carbocycles. The molecule has 2 aromatic rings. The number of hydrogen-bond donors (Lipinski definition) is 2. The molecular weight excluding hydrogens is 300 g/mol. The van der Waals surface area contributed by atoms with E-state index in [1.165, 1.54) is 5.56 Å². The van der Waals surface area contributed by atoms with Crippen LogP contribution < -0.4 is 15.8 Å². The van der Waals surface area contributed by atoms with Gasteiger partial charge in [-0.2, -0.15) is 0 Å². The summed E-state index contributed by atoms with van der Waals surface area (Å²) in [6.45, 7) is 4.17. The molecule has 0 heterocycles. The smallest absolute Gasteiger partial charge is 0.262 e. The summed E-state index contributed by atoms with van der Waals surface area (Å²) >= 11 is 5.81. The monoisotopic (exact) mass is 318 g/mol. The molecule has 0 bridgehead atoms. The molecule has 0 aliphatic rings. The van der Waals surface area contributed by atoms with E-state index in [1.807, 2.05) is 24.3 Å². The first-order chi connectivity index (χ1) is 10.5. The van der Waals surface area contributed by atoms with Crippen LogP contribution in [0.2, 0.25) is 5.02 Å². The molecule has 22 heavy (non-hydrogen) atoms. The number of carbonyl (C=O) groups is 1. The van der Waals surface area contributed by atoms with Gasteiger partial charge < -0.3 is 15.8 Å². The average molecular weight is 319 g/mol. The molecule has 0 spiro atoms. The van der Waals surface area contributed by atoms with Crippen LogP contribution in [0.5, 0.6) is 5.75 Å². The van der Waals surface area contributed by atoms with Crippen molar-refractivity contribution in [2.75, 3.05) is 17.7 Å². The van der Waals surface area contributed by atoms with Crippen molar-refractivity contribution in [3.05, 3.63) is 53.1 Å². The zero-order valence-corrected chi connectivity index (χ0v) is 13.4. The van der Waals surface area contributed by atoms with Gasteiger partial charge in [-0.1, -0.05) is 37.6 Å². The normalized spacial score (nSPS) is 10.5. The molecule has 0 saturated heterocycles. The highest BCUT2D eigenvalue weighted by Gasteiger charge is 2.07. The molecule has 2 aromatic carbocycles. The molecule has 4 nitrogen and oxygen atoms in total. The minimum atomic E-state index is -0.276. The second-order valence-electron chi connectivity index (χ2n) is 5.29.